The van der Waals surface area contributed by atoms with Crippen LogP contribution in [0.2, 0.25) is 0 Å². The Morgan fingerprint density at radius 3 is 2.41 bits per heavy atom. The lowest BCUT2D eigenvalue weighted by Crippen LogP contribution is -3.08. The molecule has 1 unspecified atom stereocenters. The number of aromatic nitrogens is 1. The number of anilines is 1. The van der Waals surface area contributed by atoms with E-state index in [2.05, 4.69) is 41.9 Å². The van der Waals surface area contributed by atoms with Gasteiger partial charge in [-0.3, -0.25) is 4.79 Å². The molecule has 0 aliphatic carbocycles. The fraction of sp³-hybridized carbons (Fsp3) is 0.273. The molecule has 2 N–H and O–H groups in total. The first-order valence-electron chi connectivity index (χ1n) is 9.11. The Kier molecular flexibility index (Phi) is 6.04. The number of carbonyl (C=O) groups excluding carboxylic acids is 1. The molecule has 1 aromatic heterocycles. The number of quaternary nitrogens is 1. The van der Waals surface area contributed by atoms with Gasteiger partial charge in [-0.1, -0.05) is 48.0 Å². The molecule has 1 atom stereocenters. The molecule has 0 spiro atoms. The molecule has 140 valence electrons. The third-order valence-electron chi connectivity index (χ3n) is 4.54. The van der Waals surface area contributed by atoms with Gasteiger partial charge in [0.05, 0.1) is 7.05 Å². The summed E-state index contributed by atoms with van der Waals surface area (Å²) in [4.78, 5) is 18.3. The number of rotatable bonds is 6. The van der Waals surface area contributed by atoms with Crippen molar-refractivity contribution in [3.05, 3.63) is 70.2 Å². The zero-order chi connectivity index (χ0) is 19.4. The quantitative estimate of drug-likeness (QED) is 0.689. The van der Waals surface area contributed by atoms with Gasteiger partial charge in [-0.2, -0.15) is 0 Å². The van der Waals surface area contributed by atoms with Crippen molar-refractivity contribution in [1.82, 2.24) is 4.98 Å². The van der Waals surface area contributed by atoms with Gasteiger partial charge in [0.1, 0.15) is 17.2 Å². The van der Waals surface area contributed by atoms with Gasteiger partial charge in [-0.05, 0) is 31.9 Å². The van der Waals surface area contributed by atoms with Crippen molar-refractivity contribution >= 4 is 22.9 Å². The minimum Gasteiger partial charge on any atom is -0.325 e. The summed E-state index contributed by atoms with van der Waals surface area (Å²) in [6.45, 7) is 7.24. The largest absolute Gasteiger partial charge is 0.325 e. The number of hydrogen-bond acceptors (Lipinski definition) is 3. The van der Waals surface area contributed by atoms with E-state index in [-0.39, 0.29) is 5.91 Å². The summed E-state index contributed by atoms with van der Waals surface area (Å²) in [7, 11) is 2.02. The molecule has 0 aliphatic rings. The minimum absolute atomic E-state index is 0.0267. The normalized spacial score (nSPS) is 12.0. The monoisotopic (exact) mass is 380 g/mol. The van der Waals surface area contributed by atoms with Crippen LogP contribution in [0.4, 0.5) is 5.69 Å². The average Bonchev–Trinajstić information content (AvgIpc) is 3.07. The third kappa shape index (κ3) is 5.02. The molecule has 4 nitrogen and oxygen atoms in total. The molecule has 0 fully saturated rings. The van der Waals surface area contributed by atoms with Crippen molar-refractivity contribution in [2.75, 3.05) is 18.9 Å². The number of carbonyl (C=O) groups is 1. The molecule has 0 radical (unpaired) electrons. The zero-order valence-electron chi connectivity index (χ0n) is 16.3. The summed E-state index contributed by atoms with van der Waals surface area (Å²) in [5.74, 6) is 0.0267. The van der Waals surface area contributed by atoms with Crippen LogP contribution in [0.3, 0.4) is 0 Å². The Morgan fingerprint density at radius 1 is 1.07 bits per heavy atom. The van der Waals surface area contributed by atoms with E-state index >= 15 is 0 Å². The van der Waals surface area contributed by atoms with E-state index in [1.165, 1.54) is 5.56 Å². The van der Waals surface area contributed by atoms with Crippen molar-refractivity contribution in [3.8, 4) is 10.6 Å². The smallest absolute Gasteiger partial charge is 0.279 e. The van der Waals surface area contributed by atoms with Crippen LogP contribution in [0, 0.1) is 20.8 Å². The summed E-state index contributed by atoms with van der Waals surface area (Å²) in [6.07, 6.45) is 0. The molecule has 3 rings (SSSR count). The van der Waals surface area contributed by atoms with Crippen LogP contribution in [0.1, 0.15) is 22.4 Å². The van der Waals surface area contributed by atoms with Crippen LogP contribution in [-0.4, -0.2) is 24.5 Å². The summed E-state index contributed by atoms with van der Waals surface area (Å²) < 4.78 is 0. The van der Waals surface area contributed by atoms with Gasteiger partial charge in [-0.15, -0.1) is 11.3 Å². The summed E-state index contributed by atoms with van der Waals surface area (Å²) in [5, 5.41) is 6.17. The Morgan fingerprint density at radius 2 is 1.74 bits per heavy atom. The zero-order valence-corrected chi connectivity index (χ0v) is 17.1. The lowest BCUT2D eigenvalue weighted by atomic mass is 10.1. The van der Waals surface area contributed by atoms with E-state index in [1.54, 1.807) is 11.3 Å². The number of likely N-dealkylation sites (N-methyl/N-ethyl adjacent to an activating group) is 1. The van der Waals surface area contributed by atoms with Gasteiger partial charge in [0.2, 0.25) is 0 Å². The van der Waals surface area contributed by atoms with Crippen LogP contribution in [0.25, 0.3) is 10.6 Å². The molecule has 3 aromatic rings. The topological polar surface area (TPSA) is 46.4 Å². The molecule has 0 bridgehead atoms. The highest BCUT2D eigenvalue weighted by atomic mass is 32.1. The first kappa shape index (κ1) is 19.3. The number of benzene rings is 2. The number of para-hydroxylation sites is 1. The number of thiazole rings is 1. The third-order valence-corrected chi connectivity index (χ3v) is 5.48. The number of amides is 1. The standard InChI is InChI=1S/C22H25N3OS/c1-15-8-10-18(11-9-15)22-23-19(14-27-22)12-25(4)13-20(26)24-21-16(2)6-5-7-17(21)3/h5-11,14H,12-13H2,1-4H3,(H,24,26)/p+1. The second kappa shape index (κ2) is 8.46. The maximum Gasteiger partial charge on any atom is 0.279 e. The number of hydrogen-bond donors (Lipinski definition) is 2. The molecular weight excluding hydrogens is 354 g/mol. The fourth-order valence-electron chi connectivity index (χ4n) is 3.06. The fourth-order valence-corrected chi connectivity index (χ4v) is 3.88. The first-order valence-corrected chi connectivity index (χ1v) is 9.99. The molecule has 2 aromatic carbocycles. The van der Waals surface area contributed by atoms with Crippen LogP contribution in [0.5, 0.6) is 0 Å². The van der Waals surface area contributed by atoms with Crippen LogP contribution in [0.15, 0.2) is 47.8 Å². The maximum atomic E-state index is 12.4. The molecular formula is C22H26N3OS+. The first-order chi connectivity index (χ1) is 12.9. The molecule has 0 saturated heterocycles. The van der Waals surface area contributed by atoms with Crippen molar-refractivity contribution in [1.29, 1.82) is 0 Å². The molecule has 1 heterocycles. The van der Waals surface area contributed by atoms with Crippen molar-refractivity contribution in [2.24, 2.45) is 0 Å². The van der Waals surface area contributed by atoms with Crippen LogP contribution >= 0.6 is 11.3 Å². The van der Waals surface area contributed by atoms with Crippen LogP contribution < -0.4 is 10.2 Å². The van der Waals surface area contributed by atoms with Crippen molar-refractivity contribution < 1.29 is 9.69 Å². The Balaban J connectivity index is 1.58. The van der Waals surface area contributed by atoms with E-state index in [0.29, 0.717) is 6.54 Å². The van der Waals surface area contributed by atoms with E-state index < -0.39 is 0 Å². The van der Waals surface area contributed by atoms with E-state index in [9.17, 15) is 4.79 Å². The van der Waals surface area contributed by atoms with Gasteiger partial charge in [0.25, 0.3) is 5.91 Å². The predicted molar refractivity (Wildman–Crippen MR) is 112 cm³/mol. The van der Waals surface area contributed by atoms with E-state index in [1.807, 2.05) is 39.1 Å². The number of nitrogens with one attached hydrogen (secondary N) is 2. The molecule has 27 heavy (non-hydrogen) atoms. The Bertz CT molecular complexity index is 911. The molecule has 5 heteroatoms. The van der Waals surface area contributed by atoms with Gasteiger partial charge < -0.3 is 10.2 Å². The Labute approximate surface area is 164 Å². The summed E-state index contributed by atoms with van der Waals surface area (Å²) in [6, 6.07) is 14.4. The second-order valence-corrected chi connectivity index (χ2v) is 7.99. The van der Waals surface area contributed by atoms with E-state index in [0.717, 1.165) is 44.5 Å². The second-order valence-electron chi connectivity index (χ2n) is 7.14. The van der Waals surface area contributed by atoms with Gasteiger partial charge in [0.15, 0.2) is 6.54 Å². The summed E-state index contributed by atoms with van der Waals surface area (Å²) in [5.41, 5.74) is 6.50. The highest BCUT2D eigenvalue weighted by Crippen LogP contribution is 2.23. The highest BCUT2D eigenvalue weighted by molar-refractivity contribution is 7.13. The van der Waals surface area contributed by atoms with Gasteiger partial charge >= 0.3 is 0 Å². The highest BCUT2D eigenvalue weighted by Gasteiger charge is 2.15. The average molecular weight is 381 g/mol. The van der Waals surface area contributed by atoms with Crippen molar-refractivity contribution in [2.45, 2.75) is 27.3 Å². The lowest BCUT2D eigenvalue weighted by molar-refractivity contribution is -0.885. The lowest BCUT2D eigenvalue weighted by Gasteiger charge is -2.15. The van der Waals surface area contributed by atoms with Crippen molar-refractivity contribution in [3.63, 3.8) is 0 Å². The van der Waals surface area contributed by atoms with E-state index in [4.69, 9.17) is 4.98 Å². The molecule has 1 amide bonds. The summed E-state index contributed by atoms with van der Waals surface area (Å²) >= 11 is 1.65. The van der Waals surface area contributed by atoms with Gasteiger partial charge in [-0.25, -0.2) is 4.98 Å². The van der Waals surface area contributed by atoms with Gasteiger partial charge in [0, 0.05) is 16.6 Å². The Hall–Kier alpha value is -2.50. The minimum atomic E-state index is 0.0267. The SMILES string of the molecule is Cc1ccc(-c2nc(C[NH+](C)CC(=O)Nc3c(C)cccc3C)cs2)cc1. The maximum absolute atomic E-state index is 12.4. The number of nitrogens with zero attached hydrogens (tertiary/aromatic N) is 1. The predicted octanol–water partition coefficient (Wildman–Crippen LogP) is 3.39. The molecule has 0 aliphatic heterocycles. The molecule has 0 saturated carbocycles. The number of aryl methyl sites for hydroxylation is 3. The van der Waals surface area contributed by atoms with Crippen LogP contribution in [-0.2, 0) is 11.3 Å².